The van der Waals surface area contributed by atoms with E-state index >= 15 is 0 Å². The van der Waals surface area contributed by atoms with Crippen LogP contribution in [0.2, 0.25) is 0 Å². The van der Waals surface area contributed by atoms with Gasteiger partial charge in [0.2, 0.25) is 0 Å². The van der Waals surface area contributed by atoms with Crippen LogP contribution in [0.15, 0.2) is 24.3 Å². The number of nitrogens with one attached hydrogen (secondary N) is 1. The third kappa shape index (κ3) is 3.48. The Bertz CT molecular complexity index is 596. The van der Waals surface area contributed by atoms with Crippen LogP contribution in [0.4, 0.5) is 5.82 Å². The molecule has 1 N–H and O–H groups in total. The van der Waals surface area contributed by atoms with Gasteiger partial charge in [-0.1, -0.05) is 31.2 Å². The maximum Gasteiger partial charge on any atom is 0.143 e. The molecule has 0 aliphatic carbocycles. The third-order valence-electron chi connectivity index (χ3n) is 3.26. The topological polar surface area (TPSA) is 37.8 Å². The third-order valence-corrected chi connectivity index (χ3v) is 4.39. The van der Waals surface area contributed by atoms with Crippen molar-refractivity contribution in [1.82, 2.24) is 9.97 Å². The van der Waals surface area contributed by atoms with Gasteiger partial charge in [-0.05, 0) is 54.0 Å². The molecule has 0 saturated carbocycles. The summed E-state index contributed by atoms with van der Waals surface area (Å²) < 4.78 is 1.14. The smallest absolute Gasteiger partial charge is 0.143 e. The van der Waals surface area contributed by atoms with Gasteiger partial charge in [-0.2, -0.15) is 0 Å². The van der Waals surface area contributed by atoms with Crippen molar-refractivity contribution in [3.63, 3.8) is 0 Å². The van der Waals surface area contributed by atoms with Gasteiger partial charge in [0.15, 0.2) is 0 Å². The first-order valence-corrected chi connectivity index (χ1v) is 8.07. The molecule has 0 spiro atoms. The van der Waals surface area contributed by atoms with E-state index in [0.29, 0.717) is 0 Å². The number of anilines is 1. The molecule has 3 nitrogen and oxygen atoms in total. The van der Waals surface area contributed by atoms with Crippen LogP contribution < -0.4 is 5.32 Å². The number of aromatic nitrogens is 2. The van der Waals surface area contributed by atoms with Gasteiger partial charge in [0.1, 0.15) is 11.6 Å². The van der Waals surface area contributed by atoms with Gasteiger partial charge >= 0.3 is 0 Å². The highest BCUT2D eigenvalue weighted by atomic mass is 127. The molecule has 0 unspecified atom stereocenters. The van der Waals surface area contributed by atoms with E-state index < -0.39 is 0 Å². The number of aryl methyl sites for hydroxylation is 2. The van der Waals surface area contributed by atoms with Gasteiger partial charge in [-0.3, -0.25) is 0 Å². The van der Waals surface area contributed by atoms with E-state index in [9.17, 15) is 0 Å². The zero-order valence-corrected chi connectivity index (χ0v) is 14.4. The number of nitrogens with zero attached hydrogens (tertiary/aromatic N) is 2. The predicted octanol–water partition coefficient (Wildman–Crippen LogP) is 3.97. The van der Waals surface area contributed by atoms with Crippen LogP contribution in [-0.2, 0) is 12.8 Å². The first-order valence-electron chi connectivity index (χ1n) is 6.99. The maximum absolute atomic E-state index is 4.71. The minimum absolute atomic E-state index is 0.787. The average molecular weight is 381 g/mol. The first-order chi connectivity index (χ1) is 9.65. The summed E-state index contributed by atoms with van der Waals surface area (Å²) in [5, 5.41) is 3.33. The number of hydrogen-bond donors (Lipinski definition) is 1. The van der Waals surface area contributed by atoms with E-state index in [-0.39, 0.29) is 0 Å². The van der Waals surface area contributed by atoms with Gasteiger partial charge in [0.05, 0.1) is 9.26 Å². The molecule has 0 fully saturated rings. The molecule has 0 radical (unpaired) electrons. The molecule has 0 saturated heterocycles. The molecule has 0 atom stereocenters. The van der Waals surface area contributed by atoms with Gasteiger partial charge in [0, 0.05) is 13.0 Å². The highest BCUT2D eigenvalue weighted by molar-refractivity contribution is 14.1. The molecule has 2 rings (SSSR count). The van der Waals surface area contributed by atoms with Gasteiger partial charge in [0.25, 0.3) is 0 Å². The summed E-state index contributed by atoms with van der Waals surface area (Å²) in [6.45, 7) is 7.23. The fraction of sp³-hybridized carbons (Fsp3) is 0.375. The number of rotatable bonds is 5. The minimum Gasteiger partial charge on any atom is -0.369 e. The molecular formula is C16H20IN3. The lowest BCUT2D eigenvalue weighted by molar-refractivity contribution is 0.890. The lowest BCUT2D eigenvalue weighted by Crippen LogP contribution is -2.10. The van der Waals surface area contributed by atoms with Gasteiger partial charge in [-0.15, -0.1) is 0 Å². The second kappa shape index (κ2) is 7.02. The molecule has 0 aliphatic heterocycles. The van der Waals surface area contributed by atoms with Crippen LogP contribution in [0.25, 0.3) is 0 Å². The second-order valence-electron chi connectivity index (χ2n) is 4.74. The number of hydrogen-bond acceptors (Lipinski definition) is 3. The lowest BCUT2D eigenvalue weighted by atomic mass is 10.1. The Kier molecular flexibility index (Phi) is 5.34. The Morgan fingerprint density at radius 3 is 2.55 bits per heavy atom. The standard InChI is InChI=1S/C16H20IN3/c1-4-13-15(17)16(18-5-2)20-14(19-13)10-12-9-7-6-8-11(12)3/h6-9H,4-5,10H2,1-3H3,(H,18,19,20). The molecule has 4 heteroatoms. The quantitative estimate of drug-likeness (QED) is 0.797. The maximum atomic E-state index is 4.71. The largest absolute Gasteiger partial charge is 0.369 e. The zero-order valence-electron chi connectivity index (χ0n) is 12.2. The molecule has 106 valence electrons. The highest BCUT2D eigenvalue weighted by Gasteiger charge is 2.11. The molecule has 0 amide bonds. The van der Waals surface area contributed by atoms with Crippen molar-refractivity contribution in [3.8, 4) is 0 Å². The van der Waals surface area contributed by atoms with Crippen molar-refractivity contribution < 1.29 is 0 Å². The van der Waals surface area contributed by atoms with E-state index in [4.69, 9.17) is 4.98 Å². The van der Waals surface area contributed by atoms with E-state index in [0.717, 1.165) is 40.3 Å². The molecule has 20 heavy (non-hydrogen) atoms. The van der Waals surface area contributed by atoms with Gasteiger partial charge in [-0.25, -0.2) is 9.97 Å². The Morgan fingerprint density at radius 2 is 1.90 bits per heavy atom. The number of halogens is 1. The zero-order chi connectivity index (χ0) is 14.5. The normalized spacial score (nSPS) is 10.6. The molecular weight excluding hydrogens is 361 g/mol. The fourth-order valence-electron chi connectivity index (χ4n) is 2.12. The van der Waals surface area contributed by atoms with Crippen molar-refractivity contribution >= 4 is 28.4 Å². The van der Waals surface area contributed by atoms with Crippen LogP contribution in [0, 0.1) is 10.5 Å². The molecule has 1 heterocycles. The van der Waals surface area contributed by atoms with Crippen molar-refractivity contribution in [2.45, 2.75) is 33.6 Å². The van der Waals surface area contributed by atoms with Crippen molar-refractivity contribution in [1.29, 1.82) is 0 Å². The SMILES string of the molecule is CCNc1nc(Cc2ccccc2C)nc(CC)c1I. The summed E-state index contributed by atoms with van der Waals surface area (Å²) in [5.41, 5.74) is 3.70. The van der Waals surface area contributed by atoms with E-state index in [1.54, 1.807) is 0 Å². The molecule has 1 aromatic carbocycles. The van der Waals surface area contributed by atoms with E-state index in [1.165, 1.54) is 11.1 Å². The Morgan fingerprint density at radius 1 is 1.15 bits per heavy atom. The Hall–Kier alpha value is -1.17. The molecule has 1 aromatic heterocycles. The average Bonchev–Trinajstić information content (AvgIpc) is 2.45. The second-order valence-corrected chi connectivity index (χ2v) is 5.82. The first kappa shape index (κ1) is 15.2. The van der Waals surface area contributed by atoms with E-state index in [1.807, 2.05) is 0 Å². The highest BCUT2D eigenvalue weighted by Crippen LogP contribution is 2.21. The summed E-state index contributed by atoms with van der Waals surface area (Å²) in [6, 6.07) is 8.42. The van der Waals surface area contributed by atoms with Crippen LogP contribution in [0.3, 0.4) is 0 Å². The molecule has 2 aromatic rings. The fourth-order valence-corrected chi connectivity index (χ4v) is 2.93. The van der Waals surface area contributed by atoms with Crippen molar-refractivity contribution in [2.24, 2.45) is 0 Å². The van der Waals surface area contributed by atoms with Crippen molar-refractivity contribution in [3.05, 3.63) is 50.5 Å². The summed E-state index contributed by atoms with van der Waals surface area (Å²) in [4.78, 5) is 9.39. The van der Waals surface area contributed by atoms with Crippen LogP contribution in [-0.4, -0.2) is 16.5 Å². The molecule has 0 bridgehead atoms. The molecule has 0 aliphatic rings. The number of benzene rings is 1. The summed E-state index contributed by atoms with van der Waals surface area (Å²) in [6.07, 6.45) is 1.72. The Balaban J connectivity index is 2.37. The summed E-state index contributed by atoms with van der Waals surface area (Å²) >= 11 is 2.33. The van der Waals surface area contributed by atoms with E-state index in [2.05, 4.69) is 77.9 Å². The lowest BCUT2D eigenvalue weighted by Gasteiger charge is -2.12. The minimum atomic E-state index is 0.787. The predicted molar refractivity (Wildman–Crippen MR) is 92.3 cm³/mol. The van der Waals surface area contributed by atoms with Crippen LogP contribution in [0.5, 0.6) is 0 Å². The van der Waals surface area contributed by atoms with Gasteiger partial charge < -0.3 is 5.32 Å². The Labute approximate surface area is 134 Å². The van der Waals surface area contributed by atoms with Crippen LogP contribution >= 0.6 is 22.6 Å². The van der Waals surface area contributed by atoms with Crippen LogP contribution in [0.1, 0.15) is 36.5 Å². The summed E-state index contributed by atoms with van der Waals surface area (Å²) in [5.74, 6) is 1.86. The monoisotopic (exact) mass is 381 g/mol. The summed E-state index contributed by atoms with van der Waals surface area (Å²) in [7, 11) is 0. The van der Waals surface area contributed by atoms with Crippen molar-refractivity contribution in [2.75, 3.05) is 11.9 Å².